The number of imidazole rings is 1. The van der Waals surface area contributed by atoms with Gasteiger partial charge >= 0.3 is 0 Å². The Kier molecular flexibility index (Phi) is 5.96. The number of hydrogen-bond donors (Lipinski definition) is 1. The van der Waals surface area contributed by atoms with Gasteiger partial charge in [0.1, 0.15) is 5.01 Å². The predicted molar refractivity (Wildman–Crippen MR) is 122 cm³/mol. The zero-order valence-electron chi connectivity index (χ0n) is 16.9. The van der Waals surface area contributed by atoms with E-state index in [1.54, 1.807) is 18.0 Å². The van der Waals surface area contributed by atoms with E-state index < -0.39 is 0 Å². The van der Waals surface area contributed by atoms with E-state index in [0.29, 0.717) is 10.8 Å². The van der Waals surface area contributed by atoms with Crippen LogP contribution < -0.4 is 5.32 Å². The molecule has 0 aliphatic carbocycles. The predicted octanol–water partition coefficient (Wildman–Crippen LogP) is 5.19. The second-order valence-electron chi connectivity index (χ2n) is 6.91. The highest BCUT2D eigenvalue weighted by molar-refractivity contribution is 7.98. The largest absolute Gasteiger partial charge is 0.320 e. The molecule has 2 aromatic carbocycles. The van der Waals surface area contributed by atoms with Gasteiger partial charge in [-0.3, -0.25) is 9.36 Å². The van der Waals surface area contributed by atoms with E-state index in [-0.39, 0.29) is 5.91 Å². The van der Waals surface area contributed by atoms with Crippen molar-refractivity contribution in [1.82, 2.24) is 19.7 Å². The second-order valence-corrected chi connectivity index (χ2v) is 8.91. The van der Waals surface area contributed by atoms with E-state index in [1.165, 1.54) is 22.5 Å². The van der Waals surface area contributed by atoms with Crippen LogP contribution in [0.15, 0.2) is 60.0 Å². The van der Waals surface area contributed by atoms with Crippen LogP contribution in [0.25, 0.3) is 5.69 Å². The number of carbonyl (C=O) groups is 1. The summed E-state index contributed by atoms with van der Waals surface area (Å²) in [6.45, 7) is 6.22. The molecule has 1 N–H and O–H groups in total. The van der Waals surface area contributed by atoms with Crippen LogP contribution >= 0.6 is 23.1 Å². The normalized spacial score (nSPS) is 10.9. The molecule has 6 nitrogen and oxygen atoms in total. The average molecular weight is 436 g/mol. The van der Waals surface area contributed by atoms with Crippen molar-refractivity contribution >= 4 is 34.7 Å². The zero-order chi connectivity index (χ0) is 21.1. The zero-order valence-corrected chi connectivity index (χ0v) is 18.5. The smallest absolute Gasteiger partial charge is 0.286 e. The summed E-state index contributed by atoms with van der Waals surface area (Å²) in [6.07, 6.45) is 3.76. The summed E-state index contributed by atoms with van der Waals surface area (Å²) in [4.78, 5) is 16.9. The maximum absolute atomic E-state index is 12.4. The van der Waals surface area contributed by atoms with Crippen molar-refractivity contribution in [1.29, 1.82) is 0 Å². The molecule has 4 aromatic rings. The van der Waals surface area contributed by atoms with Crippen LogP contribution in [-0.4, -0.2) is 25.7 Å². The Hall–Kier alpha value is -2.97. The number of aryl methyl sites for hydroxylation is 2. The summed E-state index contributed by atoms with van der Waals surface area (Å²) >= 11 is 2.88. The summed E-state index contributed by atoms with van der Waals surface area (Å²) in [7, 11) is 0. The number of hydrogen-bond acceptors (Lipinski definition) is 6. The number of aromatic nitrogens is 4. The highest BCUT2D eigenvalue weighted by atomic mass is 32.2. The minimum atomic E-state index is -0.246. The number of anilines is 1. The molecule has 30 heavy (non-hydrogen) atoms. The van der Waals surface area contributed by atoms with Gasteiger partial charge in [-0.2, -0.15) is 0 Å². The molecule has 0 unspecified atom stereocenters. The maximum atomic E-state index is 12.4. The van der Waals surface area contributed by atoms with Gasteiger partial charge in [0.05, 0.1) is 11.4 Å². The summed E-state index contributed by atoms with van der Waals surface area (Å²) in [6, 6.07) is 13.9. The summed E-state index contributed by atoms with van der Waals surface area (Å²) in [5.74, 6) is 0.349. The first-order chi connectivity index (χ1) is 14.5. The van der Waals surface area contributed by atoms with Gasteiger partial charge in [0, 0.05) is 18.1 Å². The topological polar surface area (TPSA) is 72.7 Å². The van der Waals surface area contributed by atoms with Crippen molar-refractivity contribution < 1.29 is 4.79 Å². The first-order valence-electron chi connectivity index (χ1n) is 9.44. The summed E-state index contributed by atoms with van der Waals surface area (Å²) in [5, 5.41) is 13.1. The van der Waals surface area contributed by atoms with Crippen molar-refractivity contribution in [2.45, 2.75) is 31.7 Å². The van der Waals surface area contributed by atoms with Gasteiger partial charge in [0.15, 0.2) is 5.16 Å². The first-order valence-corrected chi connectivity index (χ1v) is 11.2. The van der Waals surface area contributed by atoms with Crippen LogP contribution in [0.1, 0.15) is 31.5 Å². The monoisotopic (exact) mass is 435 g/mol. The third-order valence-corrected chi connectivity index (χ3v) is 6.82. The Morgan fingerprint density at radius 3 is 2.70 bits per heavy atom. The number of nitrogens with one attached hydrogen (secondary N) is 1. The molecule has 1 amide bonds. The first kappa shape index (κ1) is 20.3. The molecule has 0 saturated heterocycles. The molecule has 0 fully saturated rings. The molecule has 0 bridgehead atoms. The Bertz CT molecular complexity index is 1180. The van der Waals surface area contributed by atoms with Crippen LogP contribution in [0.2, 0.25) is 0 Å². The Morgan fingerprint density at radius 1 is 1.10 bits per heavy atom. The van der Waals surface area contributed by atoms with E-state index in [9.17, 15) is 4.79 Å². The van der Waals surface area contributed by atoms with Gasteiger partial charge in [0.25, 0.3) is 5.91 Å². The molecule has 2 aromatic heterocycles. The van der Waals surface area contributed by atoms with Crippen LogP contribution in [0.3, 0.4) is 0 Å². The molecule has 0 aliphatic heterocycles. The number of rotatable bonds is 6. The lowest BCUT2D eigenvalue weighted by Gasteiger charge is -2.11. The minimum absolute atomic E-state index is 0.246. The van der Waals surface area contributed by atoms with E-state index in [0.717, 1.165) is 27.1 Å². The number of benzene rings is 2. The summed E-state index contributed by atoms with van der Waals surface area (Å²) in [5.41, 5.74) is 5.47. The van der Waals surface area contributed by atoms with Crippen molar-refractivity contribution in [3.63, 3.8) is 0 Å². The molecule has 0 aliphatic rings. The molecule has 0 radical (unpaired) electrons. The van der Waals surface area contributed by atoms with Crippen LogP contribution in [0.4, 0.5) is 5.69 Å². The molecule has 0 spiro atoms. The Morgan fingerprint density at radius 2 is 1.90 bits per heavy atom. The van der Waals surface area contributed by atoms with E-state index in [1.807, 2.05) is 37.4 Å². The molecule has 4 rings (SSSR count). The summed E-state index contributed by atoms with van der Waals surface area (Å²) < 4.78 is 2.08. The lowest BCUT2D eigenvalue weighted by atomic mass is 10.1. The van der Waals surface area contributed by atoms with E-state index in [2.05, 4.69) is 57.1 Å². The highest BCUT2D eigenvalue weighted by Crippen LogP contribution is 2.27. The second kappa shape index (κ2) is 8.81. The fourth-order valence-electron chi connectivity index (χ4n) is 2.93. The molecule has 152 valence electrons. The molecule has 2 heterocycles. The molecular weight excluding hydrogens is 414 g/mol. The van der Waals surface area contributed by atoms with Gasteiger partial charge in [-0.1, -0.05) is 52.9 Å². The van der Waals surface area contributed by atoms with Crippen LogP contribution in [0, 0.1) is 20.8 Å². The quantitative estimate of drug-likeness (QED) is 0.422. The lowest BCUT2D eigenvalue weighted by molar-refractivity contribution is 0.102. The third-order valence-electron chi connectivity index (χ3n) is 4.74. The molecular formula is C22H21N5OS2. The number of nitrogens with zero attached hydrogens (tertiary/aromatic N) is 4. The average Bonchev–Trinajstić information content (AvgIpc) is 3.40. The highest BCUT2D eigenvalue weighted by Gasteiger charge is 2.15. The Balaban J connectivity index is 1.43. The number of amides is 1. The van der Waals surface area contributed by atoms with Gasteiger partial charge < -0.3 is 5.32 Å². The van der Waals surface area contributed by atoms with Crippen LogP contribution in [-0.2, 0) is 5.75 Å². The van der Waals surface area contributed by atoms with E-state index >= 15 is 0 Å². The van der Waals surface area contributed by atoms with Crippen molar-refractivity contribution in [2.24, 2.45) is 0 Å². The Labute approximate surface area is 183 Å². The third kappa shape index (κ3) is 4.44. The standard InChI is InChI=1S/C22H21N5OS2/c1-14-7-9-17(10-8-14)24-20(28)21-26-25-19(30-21)13-29-22-23-11-12-27(22)18-6-4-5-15(2)16(18)3/h4-12H,13H2,1-3H3,(H,24,28). The van der Waals surface area contributed by atoms with Crippen LogP contribution in [0.5, 0.6) is 0 Å². The molecule has 0 atom stereocenters. The van der Waals surface area contributed by atoms with Crippen molar-refractivity contribution in [2.75, 3.05) is 5.32 Å². The lowest BCUT2D eigenvalue weighted by Crippen LogP contribution is -2.11. The molecule has 0 saturated carbocycles. The number of thioether (sulfide) groups is 1. The minimum Gasteiger partial charge on any atom is -0.320 e. The van der Waals surface area contributed by atoms with Crippen molar-refractivity contribution in [3.05, 3.63) is 81.6 Å². The van der Waals surface area contributed by atoms with Crippen molar-refractivity contribution in [3.8, 4) is 5.69 Å². The van der Waals surface area contributed by atoms with Gasteiger partial charge in [-0.25, -0.2) is 4.98 Å². The van der Waals surface area contributed by atoms with Gasteiger partial charge in [-0.15, -0.1) is 10.2 Å². The fraction of sp³-hybridized carbons (Fsp3) is 0.182. The SMILES string of the molecule is Cc1ccc(NC(=O)c2nnc(CSc3nccn3-c3cccc(C)c3C)s2)cc1. The van der Waals surface area contributed by atoms with Gasteiger partial charge in [-0.05, 0) is 50.1 Å². The number of carbonyl (C=O) groups excluding carboxylic acids is 1. The van der Waals surface area contributed by atoms with Gasteiger partial charge in [0.2, 0.25) is 5.01 Å². The fourth-order valence-corrected chi connectivity index (χ4v) is 4.61. The maximum Gasteiger partial charge on any atom is 0.286 e. The molecule has 8 heteroatoms. The van der Waals surface area contributed by atoms with E-state index in [4.69, 9.17) is 0 Å².